The third kappa shape index (κ3) is 3.21. The minimum Gasteiger partial charge on any atom is -0.264 e. The topological polar surface area (TPSA) is 79.0 Å². The van der Waals surface area contributed by atoms with Crippen LogP contribution in [0.3, 0.4) is 0 Å². The maximum atomic E-state index is 12.8. The summed E-state index contributed by atoms with van der Waals surface area (Å²) in [5.41, 5.74) is 2.46. The number of sulfonamides is 1. The van der Waals surface area contributed by atoms with Gasteiger partial charge in [-0.25, -0.2) is 8.42 Å². The van der Waals surface area contributed by atoms with Gasteiger partial charge in [0.2, 0.25) is 10.0 Å². The SMILES string of the molecule is CCN(CC)S(=O)(=O)c1c(C)nn(Cc2ccccc2C#N)c1C. The summed E-state index contributed by atoms with van der Waals surface area (Å²) in [5, 5.41) is 13.6. The zero-order chi connectivity index (χ0) is 17.9. The highest BCUT2D eigenvalue weighted by Gasteiger charge is 2.29. The zero-order valence-electron chi connectivity index (χ0n) is 14.4. The first kappa shape index (κ1) is 18.2. The number of nitriles is 1. The average molecular weight is 346 g/mol. The van der Waals surface area contributed by atoms with Gasteiger partial charge in [-0.05, 0) is 25.5 Å². The van der Waals surface area contributed by atoms with Crippen molar-refractivity contribution < 1.29 is 8.42 Å². The summed E-state index contributed by atoms with van der Waals surface area (Å²) in [4.78, 5) is 0.264. The van der Waals surface area contributed by atoms with Crippen molar-refractivity contribution in [2.24, 2.45) is 0 Å². The smallest absolute Gasteiger partial charge is 0.246 e. The molecule has 1 aromatic carbocycles. The fourth-order valence-electron chi connectivity index (χ4n) is 2.83. The van der Waals surface area contributed by atoms with Crippen LogP contribution in [0.25, 0.3) is 0 Å². The molecule has 0 radical (unpaired) electrons. The summed E-state index contributed by atoms with van der Waals surface area (Å²) in [7, 11) is -3.56. The molecule has 0 unspecified atom stereocenters. The molecule has 0 spiro atoms. The van der Waals surface area contributed by atoms with Crippen LogP contribution in [0.1, 0.15) is 36.4 Å². The molecule has 0 aliphatic rings. The molecule has 0 saturated carbocycles. The summed E-state index contributed by atoms with van der Waals surface area (Å²) in [6.45, 7) is 8.30. The van der Waals surface area contributed by atoms with E-state index in [4.69, 9.17) is 0 Å². The van der Waals surface area contributed by atoms with E-state index in [1.807, 2.05) is 26.0 Å². The van der Waals surface area contributed by atoms with E-state index in [0.717, 1.165) is 5.56 Å². The largest absolute Gasteiger partial charge is 0.264 e. The molecule has 0 bridgehead atoms. The van der Waals surface area contributed by atoms with Crippen LogP contribution in [0.4, 0.5) is 0 Å². The molecule has 1 aromatic heterocycles. The van der Waals surface area contributed by atoms with Crippen LogP contribution >= 0.6 is 0 Å². The van der Waals surface area contributed by atoms with Gasteiger partial charge in [0.05, 0.1) is 29.6 Å². The first-order chi connectivity index (χ1) is 11.4. The molecule has 0 saturated heterocycles. The van der Waals surface area contributed by atoms with Gasteiger partial charge in [-0.1, -0.05) is 32.0 Å². The summed E-state index contributed by atoms with van der Waals surface area (Å²) >= 11 is 0. The third-order valence-electron chi connectivity index (χ3n) is 4.08. The van der Waals surface area contributed by atoms with Gasteiger partial charge in [0, 0.05) is 13.1 Å². The van der Waals surface area contributed by atoms with Crippen molar-refractivity contribution in [3.05, 3.63) is 46.8 Å². The lowest BCUT2D eigenvalue weighted by molar-refractivity contribution is 0.444. The summed E-state index contributed by atoms with van der Waals surface area (Å²) in [5.74, 6) is 0. The number of hydrogen-bond acceptors (Lipinski definition) is 4. The molecule has 0 aliphatic carbocycles. The highest BCUT2D eigenvalue weighted by atomic mass is 32.2. The summed E-state index contributed by atoms with van der Waals surface area (Å²) in [6.07, 6.45) is 0. The van der Waals surface area contributed by atoms with Gasteiger partial charge in [-0.3, -0.25) is 4.68 Å². The maximum Gasteiger partial charge on any atom is 0.246 e. The van der Waals surface area contributed by atoms with Crippen molar-refractivity contribution in [2.75, 3.05) is 13.1 Å². The normalized spacial score (nSPS) is 11.7. The molecule has 0 amide bonds. The lowest BCUT2D eigenvalue weighted by Crippen LogP contribution is -2.31. The Hall–Kier alpha value is -2.17. The predicted octanol–water partition coefficient (Wildman–Crippen LogP) is 2.45. The number of rotatable bonds is 6. The van der Waals surface area contributed by atoms with Gasteiger partial charge in [-0.2, -0.15) is 14.7 Å². The Bertz CT molecular complexity index is 874. The molecule has 0 N–H and O–H groups in total. The minimum atomic E-state index is -3.56. The Labute approximate surface area is 143 Å². The molecule has 1 heterocycles. The maximum absolute atomic E-state index is 12.8. The number of aromatic nitrogens is 2. The van der Waals surface area contributed by atoms with Crippen molar-refractivity contribution in [3.8, 4) is 6.07 Å². The fourth-order valence-corrected chi connectivity index (χ4v) is 4.66. The molecule has 0 atom stereocenters. The van der Waals surface area contributed by atoms with Crippen LogP contribution < -0.4 is 0 Å². The van der Waals surface area contributed by atoms with E-state index in [1.54, 1.807) is 30.7 Å². The van der Waals surface area contributed by atoms with Gasteiger partial charge in [0.1, 0.15) is 4.90 Å². The Kier molecular flexibility index (Phi) is 5.42. The van der Waals surface area contributed by atoms with E-state index in [1.165, 1.54) is 4.31 Å². The van der Waals surface area contributed by atoms with Crippen molar-refractivity contribution in [3.63, 3.8) is 0 Å². The van der Waals surface area contributed by atoms with Crippen molar-refractivity contribution in [2.45, 2.75) is 39.1 Å². The molecule has 2 aromatic rings. The Morgan fingerprint density at radius 3 is 2.42 bits per heavy atom. The molecule has 7 heteroatoms. The number of nitrogens with zero attached hydrogens (tertiary/aromatic N) is 4. The van der Waals surface area contributed by atoms with Crippen LogP contribution in [0, 0.1) is 25.2 Å². The van der Waals surface area contributed by atoms with Gasteiger partial charge in [-0.15, -0.1) is 0 Å². The molecular formula is C17H22N4O2S. The zero-order valence-corrected chi connectivity index (χ0v) is 15.3. The monoisotopic (exact) mass is 346 g/mol. The van der Waals surface area contributed by atoms with Gasteiger partial charge in [0.25, 0.3) is 0 Å². The van der Waals surface area contributed by atoms with E-state index in [-0.39, 0.29) is 4.90 Å². The fraction of sp³-hybridized carbons (Fsp3) is 0.412. The number of hydrogen-bond donors (Lipinski definition) is 0. The van der Waals surface area contributed by atoms with Crippen LogP contribution in [0.15, 0.2) is 29.2 Å². The van der Waals surface area contributed by atoms with E-state index in [0.29, 0.717) is 36.6 Å². The van der Waals surface area contributed by atoms with E-state index in [9.17, 15) is 13.7 Å². The van der Waals surface area contributed by atoms with E-state index < -0.39 is 10.0 Å². The first-order valence-corrected chi connectivity index (χ1v) is 9.32. The number of aryl methyl sites for hydroxylation is 1. The Morgan fingerprint density at radius 2 is 1.83 bits per heavy atom. The molecule has 128 valence electrons. The highest BCUT2D eigenvalue weighted by molar-refractivity contribution is 7.89. The lowest BCUT2D eigenvalue weighted by atomic mass is 10.1. The van der Waals surface area contributed by atoms with Gasteiger partial charge < -0.3 is 0 Å². The third-order valence-corrected chi connectivity index (χ3v) is 6.38. The van der Waals surface area contributed by atoms with E-state index in [2.05, 4.69) is 11.2 Å². The summed E-state index contributed by atoms with van der Waals surface area (Å²) in [6, 6.07) is 9.42. The molecule has 2 rings (SSSR count). The molecule has 6 nitrogen and oxygen atoms in total. The van der Waals surface area contributed by atoms with Crippen LogP contribution in [0.2, 0.25) is 0 Å². The molecular weight excluding hydrogens is 324 g/mol. The predicted molar refractivity (Wildman–Crippen MR) is 92.1 cm³/mol. The quantitative estimate of drug-likeness (QED) is 0.805. The second-order valence-corrected chi connectivity index (χ2v) is 7.39. The molecule has 0 aliphatic heterocycles. The van der Waals surface area contributed by atoms with Crippen LogP contribution in [-0.4, -0.2) is 35.6 Å². The second kappa shape index (κ2) is 7.16. The molecule has 0 fully saturated rings. The lowest BCUT2D eigenvalue weighted by Gasteiger charge is -2.18. The number of benzene rings is 1. The van der Waals surface area contributed by atoms with Crippen molar-refractivity contribution in [1.29, 1.82) is 5.26 Å². The van der Waals surface area contributed by atoms with Gasteiger partial charge in [0.15, 0.2) is 0 Å². The average Bonchev–Trinajstić information content (AvgIpc) is 2.83. The van der Waals surface area contributed by atoms with E-state index >= 15 is 0 Å². The Balaban J connectivity index is 2.49. The Morgan fingerprint density at radius 1 is 1.21 bits per heavy atom. The summed E-state index contributed by atoms with van der Waals surface area (Å²) < 4.78 is 28.8. The minimum absolute atomic E-state index is 0.264. The standard InChI is InChI=1S/C17H22N4O2S/c1-5-20(6-2)24(22,23)17-13(3)19-21(14(17)4)12-16-10-8-7-9-15(16)11-18/h7-10H,5-6,12H2,1-4H3. The van der Waals surface area contributed by atoms with Gasteiger partial charge >= 0.3 is 0 Å². The van der Waals surface area contributed by atoms with Crippen LogP contribution in [-0.2, 0) is 16.6 Å². The second-order valence-electron chi connectivity index (χ2n) is 5.52. The highest BCUT2D eigenvalue weighted by Crippen LogP contribution is 2.24. The first-order valence-electron chi connectivity index (χ1n) is 7.88. The van der Waals surface area contributed by atoms with Crippen molar-refractivity contribution >= 4 is 10.0 Å². The van der Waals surface area contributed by atoms with Crippen molar-refractivity contribution in [1.82, 2.24) is 14.1 Å². The molecule has 24 heavy (non-hydrogen) atoms. The van der Waals surface area contributed by atoms with Crippen LogP contribution in [0.5, 0.6) is 0 Å².